The third-order valence-electron chi connectivity index (χ3n) is 7.52. The number of unbranched alkanes of at least 4 members (excludes halogenated alkanes) is 3. The van der Waals surface area contributed by atoms with Gasteiger partial charge in [-0.2, -0.15) is 5.26 Å². The Labute approximate surface area is 187 Å². The highest BCUT2D eigenvalue weighted by molar-refractivity contribution is 5.68. The van der Waals surface area contributed by atoms with Crippen molar-refractivity contribution < 1.29 is 17.6 Å². The Morgan fingerprint density at radius 2 is 1.69 bits per heavy atom. The van der Waals surface area contributed by atoms with E-state index in [0.717, 1.165) is 43.4 Å². The molecule has 1 fully saturated rings. The van der Waals surface area contributed by atoms with Crippen molar-refractivity contribution >= 4 is 0 Å². The van der Waals surface area contributed by atoms with Crippen molar-refractivity contribution in [2.24, 2.45) is 11.8 Å². The summed E-state index contributed by atoms with van der Waals surface area (Å²) in [4.78, 5) is 0. The maximum Gasteiger partial charge on any atom is 0.144 e. The van der Waals surface area contributed by atoms with Gasteiger partial charge in [0.1, 0.15) is 34.9 Å². The van der Waals surface area contributed by atoms with E-state index in [1.165, 1.54) is 44.2 Å². The van der Waals surface area contributed by atoms with Gasteiger partial charge in [-0.15, -0.1) is 0 Å². The van der Waals surface area contributed by atoms with Gasteiger partial charge in [-0.25, -0.2) is 17.6 Å². The van der Waals surface area contributed by atoms with Gasteiger partial charge < -0.3 is 0 Å². The summed E-state index contributed by atoms with van der Waals surface area (Å²) in [5.74, 6) is -2.45. The molecule has 3 atom stereocenters. The van der Waals surface area contributed by atoms with Crippen molar-refractivity contribution in [3.05, 3.63) is 58.2 Å². The number of nitrogens with zero attached hydrogens (tertiary/aromatic N) is 1. The lowest BCUT2D eigenvalue weighted by atomic mass is 9.64. The van der Waals surface area contributed by atoms with E-state index in [1.807, 2.05) is 0 Å². The minimum Gasteiger partial charge on any atom is -0.206 e. The van der Waals surface area contributed by atoms with E-state index in [9.17, 15) is 8.78 Å². The first-order valence-electron chi connectivity index (χ1n) is 11.8. The summed E-state index contributed by atoms with van der Waals surface area (Å²) in [6, 6.07) is 4.50. The van der Waals surface area contributed by atoms with Crippen LogP contribution in [0.1, 0.15) is 87.3 Å². The molecule has 0 radical (unpaired) electrons. The van der Waals surface area contributed by atoms with Crippen molar-refractivity contribution in [2.75, 3.05) is 0 Å². The fourth-order valence-corrected chi connectivity index (χ4v) is 5.89. The molecule has 0 unspecified atom stereocenters. The van der Waals surface area contributed by atoms with Crippen LogP contribution in [0.3, 0.4) is 0 Å². The molecule has 0 amide bonds. The van der Waals surface area contributed by atoms with Gasteiger partial charge in [0, 0.05) is 0 Å². The largest absolute Gasteiger partial charge is 0.206 e. The molecule has 0 bridgehead atoms. The highest BCUT2D eigenvalue weighted by Crippen LogP contribution is 2.49. The second-order valence-electron chi connectivity index (χ2n) is 9.48. The van der Waals surface area contributed by atoms with E-state index in [0.29, 0.717) is 23.8 Å². The smallest absolute Gasteiger partial charge is 0.144 e. The number of halogens is 4. The standard InChI is InChI=1S/C27H29F4N/c1-2-3-4-5-6-16-7-9-19-17(11-16)8-10-20-21(19)14-25(30)26(27(20)31)18-12-23(28)22(15-32)24(29)13-18/h12-14,16-17,19H,2-11H2,1H3/t16-,17+,19+/m1/s1. The summed E-state index contributed by atoms with van der Waals surface area (Å²) in [5, 5.41) is 8.85. The molecule has 0 saturated heterocycles. The number of nitriles is 1. The molecule has 1 saturated carbocycles. The SMILES string of the molecule is CCCCCC[C@@H]1CC[C@@H]2c3cc(F)c(-c4cc(F)c(C#N)c(F)c4)c(F)c3CC[C@H]2C1. The predicted octanol–water partition coefficient (Wildman–Crippen LogP) is 8.20. The number of hydrogen-bond donors (Lipinski definition) is 0. The first kappa shape index (κ1) is 22.8. The van der Waals surface area contributed by atoms with Crippen LogP contribution in [0.25, 0.3) is 11.1 Å². The van der Waals surface area contributed by atoms with Crippen molar-refractivity contribution in [2.45, 2.75) is 77.0 Å². The third kappa shape index (κ3) is 4.29. The average molecular weight is 444 g/mol. The van der Waals surface area contributed by atoms with Crippen LogP contribution in [0, 0.1) is 46.4 Å². The Balaban J connectivity index is 1.59. The molecule has 0 heterocycles. The van der Waals surface area contributed by atoms with Crippen LogP contribution in [0.2, 0.25) is 0 Å². The molecular formula is C27H29F4N. The zero-order chi connectivity index (χ0) is 22.8. The zero-order valence-electron chi connectivity index (χ0n) is 18.5. The summed E-state index contributed by atoms with van der Waals surface area (Å²) in [6.07, 6.45) is 10.8. The van der Waals surface area contributed by atoms with Gasteiger partial charge in [-0.05, 0) is 84.7 Å². The molecule has 1 nitrogen and oxygen atoms in total. The maximum atomic E-state index is 15.5. The highest BCUT2D eigenvalue weighted by atomic mass is 19.1. The molecule has 0 aromatic heterocycles. The summed E-state index contributed by atoms with van der Waals surface area (Å²) < 4.78 is 58.7. The van der Waals surface area contributed by atoms with E-state index in [1.54, 1.807) is 0 Å². The summed E-state index contributed by atoms with van der Waals surface area (Å²) in [5.41, 5.74) is -0.154. The van der Waals surface area contributed by atoms with E-state index in [4.69, 9.17) is 5.26 Å². The summed E-state index contributed by atoms with van der Waals surface area (Å²) in [6.45, 7) is 2.21. The van der Waals surface area contributed by atoms with Gasteiger partial charge in [0.25, 0.3) is 0 Å². The monoisotopic (exact) mass is 443 g/mol. The van der Waals surface area contributed by atoms with Crippen molar-refractivity contribution in [3.8, 4) is 17.2 Å². The Hall–Kier alpha value is -2.35. The lowest BCUT2D eigenvalue weighted by Gasteiger charge is -2.41. The van der Waals surface area contributed by atoms with E-state index in [2.05, 4.69) is 6.92 Å². The Kier molecular flexibility index (Phi) is 6.88. The minimum absolute atomic E-state index is 0.151. The first-order chi connectivity index (χ1) is 15.4. The second kappa shape index (κ2) is 9.65. The fraction of sp³-hybridized carbons (Fsp3) is 0.519. The summed E-state index contributed by atoms with van der Waals surface area (Å²) >= 11 is 0. The molecular weight excluding hydrogens is 414 g/mol. The van der Waals surface area contributed by atoms with E-state index in [-0.39, 0.29) is 11.5 Å². The van der Waals surface area contributed by atoms with Gasteiger partial charge in [-0.1, -0.05) is 39.0 Å². The minimum atomic E-state index is -1.11. The van der Waals surface area contributed by atoms with E-state index >= 15 is 8.78 Å². The molecule has 2 aromatic carbocycles. The second-order valence-corrected chi connectivity index (χ2v) is 9.48. The quantitative estimate of drug-likeness (QED) is 0.326. The fourth-order valence-electron chi connectivity index (χ4n) is 5.89. The van der Waals surface area contributed by atoms with Crippen molar-refractivity contribution in [1.29, 1.82) is 5.26 Å². The van der Waals surface area contributed by atoms with Crippen LogP contribution in [-0.2, 0) is 6.42 Å². The Morgan fingerprint density at radius 1 is 0.938 bits per heavy atom. The molecule has 170 valence electrons. The predicted molar refractivity (Wildman–Crippen MR) is 117 cm³/mol. The van der Waals surface area contributed by atoms with Crippen LogP contribution in [0.4, 0.5) is 17.6 Å². The van der Waals surface area contributed by atoms with Crippen LogP contribution < -0.4 is 0 Å². The number of hydrogen-bond acceptors (Lipinski definition) is 1. The molecule has 4 rings (SSSR count). The van der Waals surface area contributed by atoms with Gasteiger partial charge in [0.15, 0.2) is 0 Å². The third-order valence-corrected chi connectivity index (χ3v) is 7.52. The van der Waals surface area contributed by atoms with Crippen molar-refractivity contribution in [1.82, 2.24) is 0 Å². The molecule has 32 heavy (non-hydrogen) atoms. The maximum absolute atomic E-state index is 15.5. The lowest BCUT2D eigenvalue weighted by Crippen LogP contribution is -2.29. The molecule has 2 aromatic rings. The van der Waals surface area contributed by atoms with Gasteiger partial charge >= 0.3 is 0 Å². The number of rotatable bonds is 6. The van der Waals surface area contributed by atoms with Crippen LogP contribution in [0.5, 0.6) is 0 Å². The molecule has 0 spiro atoms. The zero-order valence-corrected chi connectivity index (χ0v) is 18.5. The topological polar surface area (TPSA) is 23.8 Å². The average Bonchev–Trinajstić information content (AvgIpc) is 2.76. The normalized spacial score (nSPS) is 22.2. The molecule has 5 heteroatoms. The first-order valence-corrected chi connectivity index (χ1v) is 11.8. The number of fused-ring (bicyclic) bond motifs is 3. The molecule has 0 aliphatic heterocycles. The van der Waals surface area contributed by atoms with Crippen LogP contribution >= 0.6 is 0 Å². The van der Waals surface area contributed by atoms with Gasteiger partial charge in [-0.3, -0.25) is 0 Å². The molecule has 2 aliphatic carbocycles. The van der Waals surface area contributed by atoms with E-state index < -0.39 is 34.4 Å². The van der Waals surface area contributed by atoms with Crippen LogP contribution in [-0.4, -0.2) is 0 Å². The Bertz CT molecular complexity index is 1020. The Morgan fingerprint density at radius 3 is 2.38 bits per heavy atom. The van der Waals surface area contributed by atoms with Gasteiger partial charge in [0.05, 0.1) is 5.56 Å². The summed E-state index contributed by atoms with van der Waals surface area (Å²) in [7, 11) is 0. The van der Waals surface area contributed by atoms with Gasteiger partial charge in [0.2, 0.25) is 0 Å². The highest BCUT2D eigenvalue weighted by Gasteiger charge is 2.37. The number of benzene rings is 2. The van der Waals surface area contributed by atoms with Crippen LogP contribution in [0.15, 0.2) is 18.2 Å². The molecule has 2 aliphatic rings. The molecule has 0 N–H and O–H groups in total. The van der Waals surface area contributed by atoms with Crippen molar-refractivity contribution in [3.63, 3.8) is 0 Å². The lowest BCUT2D eigenvalue weighted by molar-refractivity contribution is 0.197.